The van der Waals surface area contributed by atoms with Crippen molar-refractivity contribution in [2.24, 2.45) is 0 Å². The van der Waals surface area contributed by atoms with Gasteiger partial charge in [-0.25, -0.2) is 0 Å². The summed E-state index contributed by atoms with van der Waals surface area (Å²) in [6.07, 6.45) is 8.74. The molecule has 0 amide bonds. The molecule has 3 nitrogen and oxygen atoms in total. The maximum atomic E-state index is 9.63. The van der Waals surface area contributed by atoms with Crippen LogP contribution in [0, 0.1) is 0 Å². The molecule has 0 heterocycles. The van der Waals surface area contributed by atoms with Gasteiger partial charge in [0.2, 0.25) is 0 Å². The fraction of sp³-hybridized carbons (Fsp3) is 1.00. The van der Waals surface area contributed by atoms with Gasteiger partial charge in [0.25, 0.3) is 0 Å². The number of hydrogen-bond acceptors (Lipinski definition) is 3. The van der Waals surface area contributed by atoms with Gasteiger partial charge in [0, 0.05) is 17.6 Å². The van der Waals surface area contributed by atoms with Gasteiger partial charge in [-0.1, -0.05) is 19.8 Å². The van der Waals surface area contributed by atoms with Crippen LogP contribution < -0.4 is 5.32 Å². The minimum Gasteiger partial charge on any atom is -0.394 e. The van der Waals surface area contributed by atoms with Crippen molar-refractivity contribution >= 4 is 0 Å². The maximum absolute atomic E-state index is 9.63. The number of aliphatic hydroxyl groups excluding tert-OH is 1. The Kier molecular flexibility index (Phi) is 8.08. The van der Waals surface area contributed by atoms with Crippen LogP contribution in [-0.4, -0.2) is 47.3 Å². The number of hydrogen-bond donors (Lipinski definition) is 2. The summed E-state index contributed by atoms with van der Waals surface area (Å²) < 4.78 is 0. The summed E-state index contributed by atoms with van der Waals surface area (Å²) in [5.41, 5.74) is -0.0762. The van der Waals surface area contributed by atoms with Crippen LogP contribution in [0.3, 0.4) is 0 Å². The number of unbranched alkanes of at least 4 members (excludes halogenated alkanes) is 2. The summed E-state index contributed by atoms with van der Waals surface area (Å²) >= 11 is 0. The van der Waals surface area contributed by atoms with Gasteiger partial charge >= 0.3 is 0 Å². The molecule has 1 rings (SSSR count). The van der Waals surface area contributed by atoms with Crippen molar-refractivity contribution in [2.45, 2.75) is 90.3 Å². The van der Waals surface area contributed by atoms with E-state index in [4.69, 9.17) is 0 Å². The highest BCUT2D eigenvalue weighted by molar-refractivity contribution is 4.92. The zero-order chi connectivity index (χ0) is 15.0. The van der Waals surface area contributed by atoms with Crippen molar-refractivity contribution in [3.63, 3.8) is 0 Å². The zero-order valence-corrected chi connectivity index (χ0v) is 14.1. The van der Waals surface area contributed by atoms with Gasteiger partial charge in [0.1, 0.15) is 0 Å². The molecule has 0 aromatic carbocycles. The van der Waals surface area contributed by atoms with Crippen molar-refractivity contribution in [1.29, 1.82) is 0 Å². The summed E-state index contributed by atoms with van der Waals surface area (Å²) in [4.78, 5) is 2.59. The van der Waals surface area contributed by atoms with Crippen molar-refractivity contribution in [3.05, 3.63) is 0 Å². The standard InChI is InChI=1S/C17H36N2O/c1-5-6-7-12-19(15(2)3)13-8-11-17(4,14-20)18-16-9-10-16/h15-16,18,20H,5-14H2,1-4H3. The van der Waals surface area contributed by atoms with Gasteiger partial charge in [-0.2, -0.15) is 0 Å². The van der Waals surface area contributed by atoms with Crippen LogP contribution in [0.5, 0.6) is 0 Å². The highest BCUT2D eigenvalue weighted by atomic mass is 16.3. The van der Waals surface area contributed by atoms with Crippen LogP contribution in [0.25, 0.3) is 0 Å². The largest absolute Gasteiger partial charge is 0.394 e. The van der Waals surface area contributed by atoms with E-state index >= 15 is 0 Å². The van der Waals surface area contributed by atoms with E-state index in [2.05, 4.69) is 37.9 Å². The second-order valence-corrected chi connectivity index (χ2v) is 7.08. The fourth-order valence-electron chi connectivity index (χ4n) is 2.78. The van der Waals surface area contributed by atoms with E-state index in [0.29, 0.717) is 12.1 Å². The summed E-state index contributed by atoms with van der Waals surface area (Å²) in [5, 5.41) is 13.2. The Morgan fingerprint density at radius 2 is 1.85 bits per heavy atom. The van der Waals surface area contributed by atoms with Crippen LogP contribution in [0.1, 0.15) is 72.6 Å². The number of nitrogens with zero attached hydrogens (tertiary/aromatic N) is 1. The van der Waals surface area contributed by atoms with Gasteiger partial charge < -0.3 is 15.3 Å². The molecule has 0 aliphatic heterocycles. The second kappa shape index (κ2) is 9.01. The lowest BCUT2D eigenvalue weighted by Crippen LogP contribution is -2.47. The molecule has 0 spiro atoms. The van der Waals surface area contributed by atoms with Crippen LogP contribution >= 0.6 is 0 Å². The molecule has 1 atom stereocenters. The molecule has 1 unspecified atom stereocenters. The Morgan fingerprint density at radius 3 is 2.35 bits per heavy atom. The normalized spacial score (nSPS) is 18.8. The molecular formula is C17H36N2O. The molecule has 0 aromatic rings. The van der Waals surface area contributed by atoms with Gasteiger partial charge in [-0.15, -0.1) is 0 Å². The van der Waals surface area contributed by atoms with E-state index in [1.165, 1.54) is 45.1 Å². The summed E-state index contributed by atoms with van der Waals surface area (Å²) in [7, 11) is 0. The smallest absolute Gasteiger partial charge is 0.0610 e. The highest BCUT2D eigenvalue weighted by Gasteiger charge is 2.31. The zero-order valence-electron chi connectivity index (χ0n) is 14.1. The highest BCUT2D eigenvalue weighted by Crippen LogP contribution is 2.24. The third-order valence-corrected chi connectivity index (χ3v) is 4.43. The summed E-state index contributed by atoms with van der Waals surface area (Å²) in [6, 6.07) is 1.29. The van der Waals surface area contributed by atoms with Crippen LogP contribution in [-0.2, 0) is 0 Å². The first-order chi connectivity index (χ1) is 9.50. The number of nitrogens with one attached hydrogen (secondary N) is 1. The molecule has 0 bridgehead atoms. The minimum absolute atomic E-state index is 0.0762. The molecule has 20 heavy (non-hydrogen) atoms. The molecule has 1 aliphatic rings. The van der Waals surface area contributed by atoms with E-state index in [1.807, 2.05) is 0 Å². The number of aliphatic hydroxyl groups is 1. The molecule has 1 fully saturated rings. The molecule has 1 saturated carbocycles. The third-order valence-electron chi connectivity index (χ3n) is 4.43. The average Bonchev–Trinajstić information content (AvgIpc) is 3.20. The Hall–Kier alpha value is -0.120. The van der Waals surface area contributed by atoms with Gasteiger partial charge in [-0.05, 0) is 66.0 Å². The SMILES string of the molecule is CCCCCN(CCCC(C)(CO)NC1CC1)C(C)C. The molecule has 1 aliphatic carbocycles. The first-order valence-electron chi connectivity index (χ1n) is 8.63. The first-order valence-corrected chi connectivity index (χ1v) is 8.63. The topological polar surface area (TPSA) is 35.5 Å². The third kappa shape index (κ3) is 7.05. The summed E-state index contributed by atoms with van der Waals surface area (Å²) in [6.45, 7) is 11.6. The molecule has 120 valence electrons. The quantitative estimate of drug-likeness (QED) is 0.540. The van der Waals surface area contributed by atoms with Crippen molar-refractivity contribution in [1.82, 2.24) is 10.2 Å². The van der Waals surface area contributed by atoms with Crippen molar-refractivity contribution in [3.8, 4) is 0 Å². The van der Waals surface area contributed by atoms with E-state index < -0.39 is 0 Å². The average molecular weight is 284 g/mol. The summed E-state index contributed by atoms with van der Waals surface area (Å²) in [5.74, 6) is 0. The maximum Gasteiger partial charge on any atom is 0.0610 e. The first kappa shape index (κ1) is 17.9. The van der Waals surface area contributed by atoms with E-state index in [0.717, 1.165) is 13.0 Å². The van der Waals surface area contributed by atoms with Gasteiger partial charge in [0.15, 0.2) is 0 Å². The Morgan fingerprint density at radius 1 is 1.20 bits per heavy atom. The molecule has 0 saturated heterocycles. The molecule has 0 radical (unpaired) electrons. The van der Waals surface area contributed by atoms with Crippen LogP contribution in [0.15, 0.2) is 0 Å². The molecular weight excluding hydrogens is 248 g/mol. The van der Waals surface area contributed by atoms with Crippen LogP contribution in [0.2, 0.25) is 0 Å². The van der Waals surface area contributed by atoms with Gasteiger partial charge in [-0.3, -0.25) is 0 Å². The van der Waals surface area contributed by atoms with Gasteiger partial charge in [0.05, 0.1) is 6.61 Å². The Bertz CT molecular complexity index is 253. The Labute approximate surface area is 126 Å². The predicted molar refractivity (Wildman–Crippen MR) is 87.1 cm³/mol. The molecule has 3 heteroatoms. The van der Waals surface area contributed by atoms with Crippen LogP contribution in [0.4, 0.5) is 0 Å². The molecule has 0 aromatic heterocycles. The monoisotopic (exact) mass is 284 g/mol. The fourth-order valence-corrected chi connectivity index (χ4v) is 2.78. The lowest BCUT2D eigenvalue weighted by Gasteiger charge is -2.32. The molecule has 2 N–H and O–H groups in total. The Balaban J connectivity index is 2.26. The minimum atomic E-state index is -0.0762. The number of rotatable bonds is 12. The second-order valence-electron chi connectivity index (χ2n) is 7.08. The lowest BCUT2D eigenvalue weighted by molar-refractivity contribution is 0.148. The van der Waals surface area contributed by atoms with E-state index in [1.54, 1.807) is 0 Å². The lowest BCUT2D eigenvalue weighted by atomic mass is 9.96. The van der Waals surface area contributed by atoms with E-state index in [9.17, 15) is 5.11 Å². The van der Waals surface area contributed by atoms with E-state index in [-0.39, 0.29) is 12.1 Å². The predicted octanol–water partition coefficient (Wildman–Crippen LogP) is 3.17. The van der Waals surface area contributed by atoms with Crippen molar-refractivity contribution < 1.29 is 5.11 Å². The van der Waals surface area contributed by atoms with Crippen molar-refractivity contribution in [2.75, 3.05) is 19.7 Å².